The summed E-state index contributed by atoms with van der Waals surface area (Å²) in [6, 6.07) is 12.1. The van der Waals surface area contributed by atoms with Gasteiger partial charge in [0.15, 0.2) is 12.4 Å². The lowest BCUT2D eigenvalue weighted by atomic mass is 10.1. The number of benzene rings is 2. The minimum atomic E-state index is -3.70. The molecule has 0 spiro atoms. The molecule has 0 radical (unpaired) electrons. The molecule has 0 unspecified atom stereocenters. The van der Waals surface area contributed by atoms with Crippen molar-refractivity contribution in [2.45, 2.75) is 18.7 Å². The standard InChI is InChI=1S/C24H25N3O7S/c1-15-7-9-17(12-19(15)26-23(29)20-6-5-11-33-20)24(30)34-14-22(28)25-18-10-8-16(2)21(13-18)35(31,32)27(3)4/h5-13H,14H2,1-4H3,(H,25,28)(H,26,29). The molecule has 0 bridgehead atoms. The summed E-state index contributed by atoms with van der Waals surface area (Å²) in [4.78, 5) is 37.1. The van der Waals surface area contributed by atoms with Gasteiger partial charge in [0.2, 0.25) is 10.0 Å². The van der Waals surface area contributed by atoms with Crippen molar-refractivity contribution in [1.82, 2.24) is 4.31 Å². The average molecular weight is 500 g/mol. The highest BCUT2D eigenvalue weighted by Gasteiger charge is 2.21. The largest absolute Gasteiger partial charge is 0.459 e. The van der Waals surface area contributed by atoms with E-state index in [4.69, 9.17) is 9.15 Å². The van der Waals surface area contributed by atoms with Gasteiger partial charge in [-0.25, -0.2) is 17.5 Å². The molecule has 0 saturated heterocycles. The smallest absolute Gasteiger partial charge is 0.338 e. The van der Waals surface area contributed by atoms with Gasteiger partial charge < -0.3 is 19.8 Å². The highest BCUT2D eigenvalue weighted by molar-refractivity contribution is 7.89. The Morgan fingerprint density at radius 2 is 1.69 bits per heavy atom. The van der Waals surface area contributed by atoms with Crippen molar-refractivity contribution >= 4 is 39.2 Å². The zero-order valence-electron chi connectivity index (χ0n) is 19.6. The van der Waals surface area contributed by atoms with E-state index in [1.807, 2.05) is 0 Å². The molecular formula is C24H25N3O7S. The second-order valence-electron chi connectivity index (χ2n) is 7.85. The quantitative estimate of drug-likeness (QED) is 0.455. The Hall–Kier alpha value is -3.96. The fraction of sp³-hybridized carbons (Fsp3) is 0.208. The molecule has 0 aliphatic carbocycles. The normalized spacial score (nSPS) is 11.2. The van der Waals surface area contributed by atoms with Crippen LogP contribution in [0.3, 0.4) is 0 Å². The number of anilines is 2. The van der Waals surface area contributed by atoms with Gasteiger partial charge in [-0.3, -0.25) is 9.59 Å². The molecule has 2 aromatic carbocycles. The minimum absolute atomic E-state index is 0.0566. The van der Waals surface area contributed by atoms with Gasteiger partial charge in [-0.2, -0.15) is 0 Å². The number of carbonyl (C=O) groups excluding carboxylic acids is 3. The van der Waals surface area contributed by atoms with E-state index in [-0.39, 0.29) is 21.9 Å². The second kappa shape index (κ2) is 10.5. The van der Waals surface area contributed by atoms with E-state index < -0.39 is 34.4 Å². The zero-order valence-corrected chi connectivity index (χ0v) is 20.4. The van der Waals surface area contributed by atoms with Crippen molar-refractivity contribution < 1.29 is 32.0 Å². The maximum atomic E-state index is 12.5. The first kappa shape index (κ1) is 25.7. The summed E-state index contributed by atoms with van der Waals surface area (Å²) in [5.41, 5.74) is 2.00. The van der Waals surface area contributed by atoms with Gasteiger partial charge in [0.05, 0.1) is 16.7 Å². The van der Waals surface area contributed by atoms with Gasteiger partial charge >= 0.3 is 5.97 Å². The van der Waals surface area contributed by atoms with Crippen LogP contribution < -0.4 is 10.6 Å². The molecule has 1 heterocycles. The van der Waals surface area contributed by atoms with Gasteiger partial charge in [0.1, 0.15) is 0 Å². The Morgan fingerprint density at radius 3 is 2.34 bits per heavy atom. The van der Waals surface area contributed by atoms with Crippen molar-refractivity contribution in [2.75, 3.05) is 31.3 Å². The van der Waals surface area contributed by atoms with Gasteiger partial charge in [0.25, 0.3) is 11.8 Å². The first-order valence-corrected chi connectivity index (χ1v) is 11.9. The van der Waals surface area contributed by atoms with Gasteiger partial charge in [-0.1, -0.05) is 12.1 Å². The Balaban J connectivity index is 1.64. The fourth-order valence-corrected chi connectivity index (χ4v) is 4.18. The molecule has 0 fully saturated rings. The van der Waals surface area contributed by atoms with E-state index in [1.165, 1.54) is 44.6 Å². The average Bonchev–Trinajstić information content (AvgIpc) is 3.35. The summed E-state index contributed by atoms with van der Waals surface area (Å²) >= 11 is 0. The molecule has 0 saturated carbocycles. The zero-order chi connectivity index (χ0) is 25.8. The summed E-state index contributed by atoms with van der Waals surface area (Å²) in [5, 5.41) is 5.19. The molecule has 0 atom stereocenters. The fourth-order valence-electron chi connectivity index (χ4n) is 3.04. The maximum Gasteiger partial charge on any atom is 0.338 e. The predicted molar refractivity (Wildman–Crippen MR) is 129 cm³/mol. The number of furan rings is 1. The highest BCUT2D eigenvalue weighted by Crippen LogP contribution is 2.23. The number of hydrogen-bond acceptors (Lipinski definition) is 7. The van der Waals surface area contributed by atoms with E-state index in [9.17, 15) is 22.8 Å². The number of rotatable bonds is 8. The van der Waals surface area contributed by atoms with Crippen molar-refractivity contribution in [3.63, 3.8) is 0 Å². The maximum absolute atomic E-state index is 12.5. The Bertz CT molecular complexity index is 1360. The third kappa shape index (κ3) is 6.14. The number of sulfonamides is 1. The minimum Gasteiger partial charge on any atom is -0.459 e. The lowest BCUT2D eigenvalue weighted by Crippen LogP contribution is -2.24. The van der Waals surface area contributed by atoms with Gasteiger partial charge in [0, 0.05) is 25.5 Å². The van der Waals surface area contributed by atoms with Crippen molar-refractivity contribution in [3.05, 3.63) is 77.2 Å². The van der Waals surface area contributed by atoms with E-state index in [2.05, 4.69) is 10.6 Å². The molecule has 11 heteroatoms. The molecule has 10 nitrogen and oxygen atoms in total. The van der Waals surface area contributed by atoms with Crippen LogP contribution in [0, 0.1) is 13.8 Å². The summed E-state index contributed by atoms with van der Waals surface area (Å²) in [6.45, 7) is 2.81. The molecule has 0 aliphatic heterocycles. The third-order valence-corrected chi connectivity index (χ3v) is 6.99. The number of aryl methyl sites for hydroxylation is 2. The Morgan fingerprint density at radius 1 is 0.971 bits per heavy atom. The summed E-state index contributed by atoms with van der Waals surface area (Å²) < 4.78 is 36.1. The second-order valence-corrected chi connectivity index (χ2v) is 9.97. The molecule has 35 heavy (non-hydrogen) atoms. The molecule has 0 aliphatic rings. The first-order valence-electron chi connectivity index (χ1n) is 10.4. The number of nitrogens with zero attached hydrogens (tertiary/aromatic N) is 1. The van der Waals surface area contributed by atoms with E-state index in [0.717, 1.165) is 4.31 Å². The van der Waals surface area contributed by atoms with Crippen LogP contribution in [0.4, 0.5) is 11.4 Å². The topological polar surface area (TPSA) is 135 Å². The predicted octanol–water partition coefficient (Wildman–Crippen LogP) is 3.19. The van der Waals surface area contributed by atoms with Crippen LogP contribution in [0.5, 0.6) is 0 Å². The van der Waals surface area contributed by atoms with Gasteiger partial charge in [-0.05, 0) is 61.4 Å². The number of nitrogens with one attached hydrogen (secondary N) is 2. The van der Waals surface area contributed by atoms with Crippen LogP contribution in [0.15, 0.2) is 64.1 Å². The lowest BCUT2D eigenvalue weighted by molar-refractivity contribution is -0.119. The van der Waals surface area contributed by atoms with Crippen molar-refractivity contribution in [3.8, 4) is 0 Å². The summed E-state index contributed by atoms with van der Waals surface area (Å²) in [5.74, 6) is -1.77. The Labute approximate surface area is 202 Å². The van der Waals surface area contributed by atoms with Crippen LogP contribution in [0.25, 0.3) is 0 Å². The SMILES string of the molecule is Cc1ccc(C(=O)OCC(=O)Nc2ccc(C)c(S(=O)(=O)N(C)C)c2)cc1NC(=O)c1ccco1. The Kier molecular flexibility index (Phi) is 7.72. The third-order valence-electron chi connectivity index (χ3n) is 5.03. The van der Waals surface area contributed by atoms with Crippen LogP contribution in [0.1, 0.15) is 32.0 Å². The van der Waals surface area contributed by atoms with Gasteiger partial charge in [-0.15, -0.1) is 0 Å². The lowest BCUT2D eigenvalue weighted by Gasteiger charge is -2.15. The molecule has 2 amide bonds. The molecule has 3 rings (SSSR count). The van der Waals surface area contributed by atoms with Crippen LogP contribution in [-0.2, 0) is 19.6 Å². The monoisotopic (exact) mass is 499 g/mol. The highest BCUT2D eigenvalue weighted by atomic mass is 32.2. The number of esters is 1. The molecular weight excluding hydrogens is 474 g/mol. The summed E-state index contributed by atoms with van der Waals surface area (Å²) in [7, 11) is -0.867. The van der Waals surface area contributed by atoms with Crippen molar-refractivity contribution in [1.29, 1.82) is 0 Å². The number of hydrogen-bond donors (Lipinski definition) is 2. The first-order chi connectivity index (χ1) is 16.5. The molecule has 2 N–H and O–H groups in total. The number of carbonyl (C=O) groups is 3. The van der Waals surface area contributed by atoms with E-state index >= 15 is 0 Å². The molecule has 184 valence electrons. The van der Waals surface area contributed by atoms with E-state index in [0.29, 0.717) is 16.8 Å². The van der Waals surface area contributed by atoms with E-state index in [1.54, 1.807) is 38.1 Å². The van der Waals surface area contributed by atoms with Crippen LogP contribution in [-0.4, -0.2) is 51.2 Å². The molecule has 1 aromatic heterocycles. The number of amides is 2. The molecule has 3 aromatic rings. The van der Waals surface area contributed by atoms with Crippen LogP contribution >= 0.6 is 0 Å². The van der Waals surface area contributed by atoms with Crippen molar-refractivity contribution in [2.24, 2.45) is 0 Å². The number of ether oxygens (including phenoxy) is 1. The van der Waals surface area contributed by atoms with Crippen LogP contribution in [0.2, 0.25) is 0 Å². The summed E-state index contributed by atoms with van der Waals surface area (Å²) in [6.07, 6.45) is 1.37.